The molecule has 2 heteroatoms. The van der Waals surface area contributed by atoms with Crippen molar-refractivity contribution in [3.63, 3.8) is 0 Å². The lowest BCUT2D eigenvalue weighted by Gasteiger charge is -2.19. The van der Waals surface area contributed by atoms with Gasteiger partial charge in [0, 0.05) is 30.9 Å². The first-order valence-electron chi connectivity index (χ1n) is 5.87. The quantitative estimate of drug-likeness (QED) is 0.774. The first-order valence-corrected chi connectivity index (χ1v) is 5.87. The van der Waals surface area contributed by atoms with Crippen molar-refractivity contribution in [3.8, 4) is 0 Å². The average Bonchev–Trinajstić information content (AvgIpc) is 2.29. The van der Waals surface area contributed by atoms with Crippen LogP contribution in [0.3, 0.4) is 0 Å². The smallest absolute Gasteiger partial charge is 0.0416 e. The molecule has 0 radical (unpaired) electrons. The summed E-state index contributed by atoms with van der Waals surface area (Å²) in [5.41, 5.74) is 1.17. The zero-order chi connectivity index (χ0) is 11.1. The molecule has 15 heavy (non-hydrogen) atoms. The molecule has 1 aromatic heterocycles. The Balaban J connectivity index is 2.22. The summed E-state index contributed by atoms with van der Waals surface area (Å²) in [6.45, 7) is 7.80. The highest BCUT2D eigenvalue weighted by Gasteiger charge is 2.08. The average molecular weight is 206 g/mol. The van der Waals surface area contributed by atoms with E-state index in [2.05, 4.69) is 37.1 Å². The fourth-order valence-electron chi connectivity index (χ4n) is 1.53. The SMILES string of the molecule is CC[C@@H](C)[C@@H](C)NCCc1ccccn1. The first-order chi connectivity index (χ1) is 7.24. The Morgan fingerprint density at radius 3 is 2.73 bits per heavy atom. The molecule has 0 aliphatic carbocycles. The van der Waals surface area contributed by atoms with E-state index in [4.69, 9.17) is 0 Å². The van der Waals surface area contributed by atoms with Crippen LogP contribution < -0.4 is 5.32 Å². The van der Waals surface area contributed by atoms with Crippen LogP contribution in [0.1, 0.15) is 32.9 Å². The molecule has 84 valence electrons. The molecule has 0 saturated heterocycles. The van der Waals surface area contributed by atoms with E-state index in [1.54, 1.807) is 0 Å². The summed E-state index contributed by atoms with van der Waals surface area (Å²) in [6, 6.07) is 6.67. The van der Waals surface area contributed by atoms with E-state index in [0.717, 1.165) is 18.9 Å². The maximum Gasteiger partial charge on any atom is 0.0416 e. The zero-order valence-electron chi connectivity index (χ0n) is 10.0. The van der Waals surface area contributed by atoms with Crippen LogP contribution in [0, 0.1) is 5.92 Å². The summed E-state index contributed by atoms with van der Waals surface area (Å²) in [7, 11) is 0. The minimum absolute atomic E-state index is 0.596. The summed E-state index contributed by atoms with van der Waals surface area (Å²) < 4.78 is 0. The second-order valence-electron chi connectivity index (χ2n) is 4.20. The standard InChI is InChI=1S/C13H22N2/c1-4-11(2)12(3)14-10-8-13-7-5-6-9-15-13/h5-7,9,11-12,14H,4,8,10H2,1-3H3/t11-,12-/m1/s1. The molecule has 1 aromatic rings. The van der Waals surface area contributed by atoms with Crippen LogP contribution in [0.2, 0.25) is 0 Å². The Hall–Kier alpha value is -0.890. The van der Waals surface area contributed by atoms with Gasteiger partial charge in [-0.2, -0.15) is 0 Å². The lowest BCUT2D eigenvalue weighted by molar-refractivity contribution is 0.392. The van der Waals surface area contributed by atoms with Crippen LogP contribution in [0.4, 0.5) is 0 Å². The molecule has 0 unspecified atom stereocenters. The molecule has 0 saturated carbocycles. The number of nitrogens with one attached hydrogen (secondary N) is 1. The molecule has 1 N–H and O–H groups in total. The van der Waals surface area contributed by atoms with Gasteiger partial charge < -0.3 is 5.32 Å². The molecular formula is C13H22N2. The molecule has 0 aromatic carbocycles. The Morgan fingerprint density at radius 1 is 1.33 bits per heavy atom. The van der Waals surface area contributed by atoms with Crippen molar-refractivity contribution in [3.05, 3.63) is 30.1 Å². The van der Waals surface area contributed by atoms with Gasteiger partial charge in [-0.15, -0.1) is 0 Å². The monoisotopic (exact) mass is 206 g/mol. The molecule has 0 aliphatic heterocycles. The van der Waals surface area contributed by atoms with Gasteiger partial charge in [-0.05, 0) is 25.0 Å². The fraction of sp³-hybridized carbons (Fsp3) is 0.615. The Kier molecular flexibility index (Phi) is 5.33. The van der Waals surface area contributed by atoms with E-state index in [-0.39, 0.29) is 0 Å². The maximum absolute atomic E-state index is 4.30. The summed E-state index contributed by atoms with van der Waals surface area (Å²) in [5, 5.41) is 3.54. The third-order valence-corrected chi connectivity index (χ3v) is 3.07. The van der Waals surface area contributed by atoms with Crippen LogP contribution in [0.15, 0.2) is 24.4 Å². The molecular weight excluding hydrogens is 184 g/mol. The maximum atomic E-state index is 4.30. The Labute approximate surface area is 93.1 Å². The summed E-state index contributed by atoms with van der Waals surface area (Å²) >= 11 is 0. The fourth-order valence-corrected chi connectivity index (χ4v) is 1.53. The zero-order valence-corrected chi connectivity index (χ0v) is 10.0. The molecule has 1 heterocycles. The van der Waals surface area contributed by atoms with Gasteiger partial charge in [0.05, 0.1) is 0 Å². The second-order valence-corrected chi connectivity index (χ2v) is 4.20. The van der Waals surface area contributed by atoms with Crippen LogP contribution in [0.5, 0.6) is 0 Å². The lowest BCUT2D eigenvalue weighted by Crippen LogP contribution is -2.33. The van der Waals surface area contributed by atoms with Crippen LogP contribution >= 0.6 is 0 Å². The topological polar surface area (TPSA) is 24.9 Å². The highest BCUT2D eigenvalue weighted by atomic mass is 14.9. The van der Waals surface area contributed by atoms with Crippen molar-refractivity contribution in [2.75, 3.05) is 6.54 Å². The highest BCUT2D eigenvalue weighted by Crippen LogP contribution is 2.06. The van der Waals surface area contributed by atoms with Gasteiger partial charge in [0.1, 0.15) is 0 Å². The highest BCUT2D eigenvalue weighted by molar-refractivity contribution is 5.03. The predicted octanol–water partition coefficient (Wildman–Crippen LogP) is 2.65. The Bertz CT molecular complexity index is 258. The minimum atomic E-state index is 0.596. The van der Waals surface area contributed by atoms with Gasteiger partial charge in [-0.1, -0.05) is 26.3 Å². The second kappa shape index (κ2) is 6.57. The third kappa shape index (κ3) is 4.43. The number of hydrogen-bond donors (Lipinski definition) is 1. The van der Waals surface area contributed by atoms with E-state index < -0.39 is 0 Å². The van der Waals surface area contributed by atoms with Gasteiger partial charge in [-0.3, -0.25) is 4.98 Å². The number of nitrogens with zero attached hydrogens (tertiary/aromatic N) is 1. The van der Waals surface area contributed by atoms with E-state index in [0.29, 0.717) is 6.04 Å². The molecule has 0 fully saturated rings. The van der Waals surface area contributed by atoms with Crippen LogP contribution in [-0.2, 0) is 6.42 Å². The lowest BCUT2D eigenvalue weighted by atomic mass is 10.0. The molecule has 2 atom stereocenters. The van der Waals surface area contributed by atoms with Crippen molar-refractivity contribution < 1.29 is 0 Å². The van der Waals surface area contributed by atoms with Crippen molar-refractivity contribution >= 4 is 0 Å². The normalized spacial score (nSPS) is 14.9. The van der Waals surface area contributed by atoms with Crippen molar-refractivity contribution in [2.24, 2.45) is 5.92 Å². The van der Waals surface area contributed by atoms with Gasteiger partial charge in [0.25, 0.3) is 0 Å². The van der Waals surface area contributed by atoms with Crippen LogP contribution in [-0.4, -0.2) is 17.6 Å². The molecule has 0 spiro atoms. The Morgan fingerprint density at radius 2 is 2.13 bits per heavy atom. The predicted molar refractivity (Wildman–Crippen MR) is 64.9 cm³/mol. The van der Waals surface area contributed by atoms with E-state index in [9.17, 15) is 0 Å². The molecule has 0 bridgehead atoms. The summed E-state index contributed by atoms with van der Waals surface area (Å²) in [5.74, 6) is 0.744. The summed E-state index contributed by atoms with van der Waals surface area (Å²) in [6.07, 6.45) is 4.10. The van der Waals surface area contributed by atoms with Gasteiger partial charge in [0.2, 0.25) is 0 Å². The van der Waals surface area contributed by atoms with E-state index >= 15 is 0 Å². The minimum Gasteiger partial charge on any atom is -0.314 e. The molecule has 0 aliphatic rings. The van der Waals surface area contributed by atoms with Crippen molar-refractivity contribution in [1.29, 1.82) is 0 Å². The summed E-state index contributed by atoms with van der Waals surface area (Å²) in [4.78, 5) is 4.30. The van der Waals surface area contributed by atoms with Crippen molar-refractivity contribution in [1.82, 2.24) is 10.3 Å². The van der Waals surface area contributed by atoms with Gasteiger partial charge in [0.15, 0.2) is 0 Å². The first kappa shape index (κ1) is 12.2. The molecule has 0 amide bonds. The van der Waals surface area contributed by atoms with Gasteiger partial charge >= 0.3 is 0 Å². The largest absolute Gasteiger partial charge is 0.314 e. The number of aromatic nitrogens is 1. The number of hydrogen-bond acceptors (Lipinski definition) is 2. The van der Waals surface area contributed by atoms with Crippen molar-refractivity contribution in [2.45, 2.75) is 39.7 Å². The third-order valence-electron chi connectivity index (χ3n) is 3.07. The number of pyridine rings is 1. The van der Waals surface area contributed by atoms with E-state index in [1.165, 1.54) is 12.1 Å². The van der Waals surface area contributed by atoms with Crippen LogP contribution in [0.25, 0.3) is 0 Å². The molecule has 1 rings (SSSR count). The van der Waals surface area contributed by atoms with Gasteiger partial charge in [-0.25, -0.2) is 0 Å². The number of rotatable bonds is 6. The van der Waals surface area contributed by atoms with E-state index in [1.807, 2.05) is 18.3 Å². The molecule has 2 nitrogen and oxygen atoms in total.